The smallest absolute Gasteiger partial charge is 0.373 e. The molecule has 1 aromatic carbocycles. The fourth-order valence-corrected chi connectivity index (χ4v) is 4.26. The Hall–Kier alpha value is -4.75. The van der Waals surface area contributed by atoms with Crippen LogP contribution in [0, 0.1) is 0 Å². The van der Waals surface area contributed by atoms with E-state index in [0.717, 1.165) is 33.4 Å². The summed E-state index contributed by atoms with van der Waals surface area (Å²) >= 11 is 0. The molecule has 2 aromatic rings. The van der Waals surface area contributed by atoms with Crippen molar-refractivity contribution >= 4 is 29.8 Å². The van der Waals surface area contributed by atoms with E-state index in [2.05, 4.69) is 15.6 Å². The van der Waals surface area contributed by atoms with Crippen molar-refractivity contribution in [2.24, 2.45) is 0 Å². The molecule has 14 heteroatoms. The van der Waals surface area contributed by atoms with Gasteiger partial charge in [0.1, 0.15) is 12.6 Å². The molecule has 0 saturated heterocycles. The fraction of sp³-hybridized carbons (Fsp3) is 0.423. The van der Waals surface area contributed by atoms with E-state index in [4.69, 9.17) is 23.7 Å². The van der Waals surface area contributed by atoms with Crippen LogP contribution >= 0.6 is 0 Å². The van der Waals surface area contributed by atoms with Crippen LogP contribution in [0.5, 0.6) is 0 Å². The molecule has 2 heterocycles. The molecule has 1 unspecified atom stereocenters. The minimum atomic E-state index is -1.47. The maximum absolute atomic E-state index is 12.7. The van der Waals surface area contributed by atoms with Crippen LogP contribution in [0.2, 0.25) is 0 Å². The van der Waals surface area contributed by atoms with E-state index < -0.39 is 66.8 Å². The molecule has 14 nitrogen and oxygen atoms in total. The summed E-state index contributed by atoms with van der Waals surface area (Å²) in [5.74, 6) is -3.92. The predicted molar refractivity (Wildman–Crippen MR) is 135 cm³/mol. The van der Waals surface area contributed by atoms with Crippen molar-refractivity contribution in [3.63, 3.8) is 0 Å². The lowest BCUT2D eigenvalue weighted by molar-refractivity contribution is -0.188. The fourth-order valence-electron chi connectivity index (χ4n) is 4.26. The van der Waals surface area contributed by atoms with Gasteiger partial charge in [-0.15, -0.1) is 5.10 Å². The molecule has 1 amide bonds. The van der Waals surface area contributed by atoms with Crippen molar-refractivity contribution in [1.82, 2.24) is 20.3 Å². The van der Waals surface area contributed by atoms with Crippen LogP contribution in [0.25, 0.3) is 11.3 Å². The number of esters is 4. The average Bonchev–Trinajstić information content (AvgIpc) is 3.39. The molecule has 1 aromatic heterocycles. The minimum Gasteiger partial charge on any atom is -0.477 e. The number of benzene rings is 1. The van der Waals surface area contributed by atoms with Gasteiger partial charge in [-0.25, -0.2) is 9.48 Å². The van der Waals surface area contributed by atoms with E-state index in [0.29, 0.717) is 5.69 Å². The Morgan fingerprint density at radius 3 is 2.25 bits per heavy atom. The largest absolute Gasteiger partial charge is 0.477 e. The van der Waals surface area contributed by atoms with E-state index in [9.17, 15) is 24.0 Å². The van der Waals surface area contributed by atoms with Crippen LogP contribution in [-0.4, -0.2) is 82.8 Å². The molecule has 3 rings (SSSR count). The molecule has 1 N–H and O–H groups in total. The highest BCUT2D eigenvalue weighted by molar-refractivity contribution is 5.86. The molecular formula is C26H30N4O10. The van der Waals surface area contributed by atoms with Crippen molar-refractivity contribution < 1.29 is 47.7 Å². The lowest BCUT2D eigenvalue weighted by atomic mass is 9.91. The van der Waals surface area contributed by atoms with Crippen LogP contribution in [0.4, 0.5) is 0 Å². The van der Waals surface area contributed by atoms with Crippen LogP contribution < -0.4 is 5.32 Å². The Bertz CT molecular complexity index is 1280. The number of rotatable bonds is 10. The van der Waals surface area contributed by atoms with Crippen LogP contribution in [0.1, 0.15) is 33.7 Å². The Morgan fingerprint density at radius 1 is 1.00 bits per heavy atom. The highest BCUT2D eigenvalue weighted by Gasteiger charge is 2.49. The Morgan fingerprint density at radius 2 is 1.68 bits per heavy atom. The summed E-state index contributed by atoms with van der Waals surface area (Å²) in [7, 11) is 1.15. The first kappa shape index (κ1) is 29.8. The lowest BCUT2D eigenvalue weighted by Gasteiger charge is -2.41. The summed E-state index contributed by atoms with van der Waals surface area (Å²) in [5, 5.41) is 11.0. The van der Waals surface area contributed by atoms with Crippen molar-refractivity contribution in [1.29, 1.82) is 0 Å². The number of carbonyl (C=O) groups is 5. The summed E-state index contributed by atoms with van der Waals surface area (Å²) in [6.45, 7) is 4.12. The third-order valence-electron chi connectivity index (χ3n) is 5.75. The number of carbonyl (C=O) groups excluding carboxylic acids is 5. The zero-order valence-corrected chi connectivity index (χ0v) is 22.6. The third kappa shape index (κ3) is 7.42. The van der Waals surface area contributed by atoms with Gasteiger partial charge in [0.05, 0.1) is 25.0 Å². The molecule has 1 aliphatic rings. The number of hydrogen-bond donors (Lipinski definition) is 1. The second kappa shape index (κ2) is 13.4. The molecule has 0 fully saturated rings. The number of amides is 1. The lowest BCUT2D eigenvalue weighted by Crippen LogP contribution is -2.60. The maximum Gasteiger partial charge on any atom is 0.373 e. The highest BCUT2D eigenvalue weighted by Crippen LogP contribution is 2.34. The monoisotopic (exact) mass is 558 g/mol. The van der Waals surface area contributed by atoms with Crippen LogP contribution in [0.15, 0.2) is 48.4 Å². The standard InChI is InChI=1S/C26H30N4O10/c1-14(31)28-23-19(30-20(12-27-29-30)18-9-7-6-8-10-18)11-21(26(35)36-5)40-25(23)24(39-17(4)34)22(38-16(3)33)13-37-15(2)32/h6-12,19,22-25H,13H2,1-5H3,(H,28,31)/t19-,22?,23+,24+,25+/m0/s1. The molecule has 214 valence electrons. The molecule has 5 atom stereocenters. The van der Waals surface area contributed by atoms with Gasteiger partial charge in [0, 0.05) is 33.3 Å². The number of nitrogens with zero attached hydrogens (tertiary/aromatic N) is 3. The summed E-state index contributed by atoms with van der Waals surface area (Å²) < 4.78 is 28.2. The SMILES string of the molecule is COC(=O)C1=C[C@H](n2nncc2-c2ccccc2)[C@@H](NC(C)=O)[C@H]([C@H](OC(C)=O)C(COC(C)=O)OC(C)=O)O1. The van der Waals surface area contributed by atoms with Gasteiger partial charge in [0.25, 0.3) is 0 Å². The van der Waals surface area contributed by atoms with Gasteiger partial charge in [0.15, 0.2) is 18.3 Å². The highest BCUT2D eigenvalue weighted by atomic mass is 16.6. The van der Waals surface area contributed by atoms with Gasteiger partial charge >= 0.3 is 23.9 Å². The second-order valence-electron chi connectivity index (χ2n) is 8.78. The van der Waals surface area contributed by atoms with Crippen LogP contribution in [0.3, 0.4) is 0 Å². The van der Waals surface area contributed by atoms with Gasteiger partial charge < -0.3 is 29.0 Å². The summed E-state index contributed by atoms with van der Waals surface area (Å²) in [6, 6.07) is 7.09. The van der Waals surface area contributed by atoms with Gasteiger partial charge in [0.2, 0.25) is 11.7 Å². The van der Waals surface area contributed by atoms with Gasteiger partial charge in [-0.05, 0) is 6.08 Å². The zero-order chi connectivity index (χ0) is 29.4. The number of ether oxygens (including phenoxy) is 5. The normalized spacial score (nSPS) is 19.6. The van der Waals surface area contributed by atoms with E-state index in [1.54, 1.807) is 0 Å². The first-order chi connectivity index (χ1) is 19.0. The van der Waals surface area contributed by atoms with Gasteiger partial charge in [-0.1, -0.05) is 35.5 Å². The molecule has 0 spiro atoms. The summed E-state index contributed by atoms with van der Waals surface area (Å²) in [6.07, 6.45) is -1.33. The Kier molecular flexibility index (Phi) is 9.95. The minimum absolute atomic E-state index is 0.292. The maximum atomic E-state index is 12.7. The van der Waals surface area contributed by atoms with Crippen molar-refractivity contribution in [3.05, 3.63) is 48.4 Å². The third-order valence-corrected chi connectivity index (χ3v) is 5.75. The van der Waals surface area contributed by atoms with E-state index >= 15 is 0 Å². The summed E-state index contributed by atoms with van der Waals surface area (Å²) in [4.78, 5) is 60.9. The second-order valence-corrected chi connectivity index (χ2v) is 8.78. The first-order valence-electron chi connectivity index (χ1n) is 12.2. The van der Waals surface area contributed by atoms with Crippen LogP contribution in [-0.2, 0) is 47.7 Å². The topological polar surface area (TPSA) is 174 Å². The molecular weight excluding hydrogens is 528 g/mol. The van der Waals surface area contributed by atoms with E-state index in [-0.39, 0.29) is 5.76 Å². The number of methoxy groups -OCH3 is 1. The van der Waals surface area contributed by atoms with Gasteiger partial charge in [-0.3, -0.25) is 19.2 Å². The molecule has 40 heavy (non-hydrogen) atoms. The number of nitrogens with one attached hydrogen (secondary N) is 1. The first-order valence-corrected chi connectivity index (χ1v) is 12.2. The van der Waals surface area contributed by atoms with Gasteiger partial charge in [-0.2, -0.15) is 0 Å². The average molecular weight is 559 g/mol. The molecule has 0 radical (unpaired) electrons. The molecule has 0 bridgehead atoms. The number of aromatic nitrogens is 3. The molecule has 0 saturated carbocycles. The Balaban J connectivity index is 2.20. The van der Waals surface area contributed by atoms with E-state index in [1.807, 2.05) is 30.3 Å². The molecule has 1 aliphatic heterocycles. The van der Waals surface area contributed by atoms with E-state index in [1.165, 1.54) is 23.9 Å². The molecule has 0 aliphatic carbocycles. The van der Waals surface area contributed by atoms with Crippen molar-refractivity contribution in [3.8, 4) is 11.3 Å². The van der Waals surface area contributed by atoms with Crippen molar-refractivity contribution in [2.45, 2.75) is 58.1 Å². The predicted octanol–water partition coefficient (Wildman–Crippen LogP) is 0.873. The quantitative estimate of drug-likeness (QED) is 0.322. The summed E-state index contributed by atoms with van der Waals surface area (Å²) in [5.41, 5.74) is 1.26. The van der Waals surface area contributed by atoms with Crippen molar-refractivity contribution in [2.75, 3.05) is 13.7 Å². The zero-order valence-electron chi connectivity index (χ0n) is 22.6. The number of hydrogen-bond acceptors (Lipinski definition) is 12. The Labute approximate surface area is 229 Å².